The average molecular weight is 619 g/mol. The fourth-order valence-electron chi connectivity index (χ4n) is 6.26. The molecule has 3 aromatic rings. The number of carbonyl (C=O) groups excluding carboxylic acids is 1. The maximum Gasteiger partial charge on any atom is 0.407 e. The third-order valence-corrected chi connectivity index (χ3v) is 8.70. The van der Waals surface area contributed by atoms with Gasteiger partial charge in [-0.25, -0.2) is 4.79 Å². The second kappa shape index (κ2) is 16.3. The van der Waals surface area contributed by atoms with Crippen molar-refractivity contribution in [3.8, 4) is 11.1 Å². The highest BCUT2D eigenvalue weighted by atomic mass is 16.7. The number of alkyl carbamates (subject to hydrolysis) is 1. The van der Waals surface area contributed by atoms with Gasteiger partial charge >= 0.3 is 6.09 Å². The van der Waals surface area contributed by atoms with Crippen molar-refractivity contribution in [2.45, 2.75) is 69.2 Å². The van der Waals surface area contributed by atoms with Crippen molar-refractivity contribution in [2.24, 2.45) is 0 Å². The molecule has 1 amide bonds. The Hall–Kier alpha value is -3.31. The molecule has 1 heterocycles. The number of hydrogen-bond donors (Lipinski definition) is 4. The van der Waals surface area contributed by atoms with Crippen LogP contribution in [-0.4, -0.2) is 90.1 Å². The first-order chi connectivity index (χ1) is 22.0. The molecule has 0 aromatic heterocycles. The molecule has 0 spiro atoms. The Morgan fingerprint density at radius 3 is 2.29 bits per heavy atom. The van der Waals surface area contributed by atoms with Gasteiger partial charge < -0.3 is 34.8 Å². The normalized spacial score (nSPS) is 20.8. The van der Waals surface area contributed by atoms with Crippen LogP contribution in [0.15, 0.2) is 78.9 Å². The minimum Gasteiger partial charge on any atom is -0.449 e. The maximum atomic E-state index is 12.7. The number of ether oxygens (including phenoxy) is 3. The van der Waals surface area contributed by atoms with Crippen molar-refractivity contribution in [3.05, 3.63) is 95.6 Å². The summed E-state index contributed by atoms with van der Waals surface area (Å²) in [7, 11) is 0. The molecule has 3 aromatic carbocycles. The Bertz CT molecular complexity index is 1310. The maximum absolute atomic E-state index is 12.7. The van der Waals surface area contributed by atoms with Gasteiger partial charge in [0, 0.05) is 31.1 Å². The molecule has 4 N–H and O–H groups in total. The van der Waals surface area contributed by atoms with Crippen LogP contribution in [0.4, 0.5) is 4.79 Å². The highest BCUT2D eigenvalue weighted by Crippen LogP contribution is 2.44. The van der Waals surface area contributed by atoms with Crippen molar-refractivity contribution in [1.29, 1.82) is 0 Å². The van der Waals surface area contributed by atoms with E-state index in [2.05, 4.69) is 36.5 Å². The topological polar surface area (TPSA) is 121 Å². The third-order valence-electron chi connectivity index (χ3n) is 8.70. The van der Waals surface area contributed by atoms with Gasteiger partial charge in [-0.05, 0) is 35.2 Å². The van der Waals surface area contributed by atoms with Crippen LogP contribution in [0.3, 0.4) is 0 Å². The van der Waals surface area contributed by atoms with Crippen molar-refractivity contribution < 1.29 is 34.3 Å². The van der Waals surface area contributed by atoms with Crippen molar-refractivity contribution in [3.63, 3.8) is 0 Å². The lowest BCUT2D eigenvalue weighted by molar-refractivity contribution is -0.283. The summed E-state index contributed by atoms with van der Waals surface area (Å²) < 4.78 is 17.2. The van der Waals surface area contributed by atoms with E-state index in [1.54, 1.807) is 0 Å². The van der Waals surface area contributed by atoms with E-state index in [1.807, 2.05) is 59.5 Å². The zero-order chi connectivity index (χ0) is 31.6. The number of fused-ring (bicyclic) bond motifs is 3. The molecule has 1 saturated heterocycles. The number of nitrogens with one attached hydrogen (secondary N) is 1. The van der Waals surface area contributed by atoms with E-state index in [0.717, 1.165) is 42.4 Å². The Kier molecular flexibility index (Phi) is 12.0. The molecule has 9 heteroatoms. The number of hydrogen-bond acceptors (Lipinski definition) is 8. The Labute approximate surface area is 265 Å². The number of carbonyl (C=O) groups is 1. The van der Waals surface area contributed by atoms with Gasteiger partial charge in [0.05, 0.1) is 12.7 Å². The summed E-state index contributed by atoms with van der Waals surface area (Å²) in [6.07, 6.45) is -1.65. The van der Waals surface area contributed by atoms with Crippen LogP contribution in [-0.2, 0) is 14.2 Å². The number of unbranched alkanes of at least 4 members (excludes halogenated alkanes) is 3. The Morgan fingerprint density at radius 1 is 0.933 bits per heavy atom. The van der Waals surface area contributed by atoms with Crippen LogP contribution in [0.2, 0.25) is 0 Å². The smallest absolute Gasteiger partial charge is 0.407 e. The van der Waals surface area contributed by atoms with E-state index in [1.165, 1.54) is 11.1 Å². The summed E-state index contributed by atoms with van der Waals surface area (Å²) in [6.45, 7) is 4.01. The average Bonchev–Trinajstić information content (AvgIpc) is 3.39. The van der Waals surface area contributed by atoms with Crippen LogP contribution < -0.4 is 5.32 Å². The van der Waals surface area contributed by atoms with Gasteiger partial charge in [0.25, 0.3) is 0 Å². The van der Waals surface area contributed by atoms with Crippen LogP contribution in [0, 0.1) is 0 Å². The second-order valence-corrected chi connectivity index (χ2v) is 11.9. The quantitative estimate of drug-likeness (QED) is 0.183. The first kappa shape index (κ1) is 33.1. The number of aliphatic hydroxyl groups is 3. The monoisotopic (exact) mass is 618 g/mol. The van der Waals surface area contributed by atoms with Gasteiger partial charge in [-0.3, -0.25) is 4.90 Å². The minimum absolute atomic E-state index is 0.0147. The van der Waals surface area contributed by atoms with Crippen LogP contribution in [0.5, 0.6) is 0 Å². The van der Waals surface area contributed by atoms with Gasteiger partial charge in [-0.15, -0.1) is 0 Å². The van der Waals surface area contributed by atoms with E-state index < -0.39 is 36.8 Å². The zero-order valence-electron chi connectivity index (χ0n) is 26.0. The number of rotatable bonds is 15. The van der Waals surface area contributed by atoms with E-state index in [-0.39, 0.29) is 25.7 Å². The third kappa shape index (κ3) is 8.49. The van der Waals surface area contributed by atoms with Crippen molar-refractivity contribution in [2.75, 3.05) is 39.4 Å². The van der Waals surface area contributed by atoms with Crippen LogP contribution >= 0.6 is 0 Å². The highest BCUT2D eigenvalue weighted by molar-refractivity contribution is 5.79. The molecule has 3 unspecified atom stereocenters. The molecule has 0 bridgehead atoms. The molecule has 1 aliphatic heterocycles. The summed E-state index contributed by atoms with van der Waals surface area (Å²) in [4.78, 5) is 14.7. The summed E-state index contributed by atoms with van der Waals surface area (Å²) in [5.41, 5.74) is 5.44. The van der Waals surface area contributed by atoms with Gasteiger partial charge in [0.2, 0.25) is 0 Å². The lowest BCUT2D eigenvalue weighted by Gasteiger charge is -2.38. The van der Waals surface area contributed by atoms with Crippen molar-refractivity contribution >= 4 is 6.09 Å². The lowest BCUT2D eigenvalue weighted by atomic mass is 9.98. The van der Waals surface area contributed by atoms with Gasteiger partial charge in [0.1, 0.15) is 24.9 Å². The molecule has 5 atom stereocenters. The molecule has 1 fully saturated rings. The fourth-order valence-corrected chi connectivity index (χ4v) is 6.26. The van der Waals surface area contributed by atoms with Gasteiger partial charge in [-0.1, -0.05) is 105 Å². The van der Waals surface area contributed by atoms with Crippen LogP contribution in [0.1, 0.15) is 61.5 Å². The summed E-state index contributed by atoms with van der Waals surface area (Å²) in [5, 5.41) is 35.5. The molecule has 242 valence electrons. The Morgan fingerprint density at radius 2 is 1.60 bits per heavy atom. The molecule has 9 nitrogen and oxygen atoms in total. The molecular formula is C36H46N2O7. The summed E-state index contributed by atoms with van der Waals surface area (Å²) in [6, 6.07) is 25.8. The first-order valence-electron chi connectivity index (χ1n) is 16.1. The van der Waals surface area contributed by atoms with Crippen LogP contribution in [0.25, 0.3) is 11.1 Å². The second-order valence-electron chi connectivity index (χ2n) is 11.9. The fraction of sp³-hybridized carbons (Fsp3) is 0.472. The Balaban J connectivity index is 1.12. The predicted octanol–water partition coefficient (Wildman–Crippen LogP) is 4.60. The minimum atomic E-state index is -1.33. The molecular weight excluding hydrogens is 572 g/mol. The van der Waals surface area contributed by atoms with Gasteiger partial charge in [-0.2, -0.15) is 0 Å². The van der Waals surface area contributed by atoms with E-state index >= 15 is 0 Å². The van der Waals surface area contributed by atoms with Gasteiger partial charge in [0.15, 0.2) is 6.29 Å². The molecule has 1 aliphatic carbocycles. The number of nitrogens with zero attached hydrogens (tertiary/aromatic N) is 1. The zero-order valence-corrected chi connectivity index (χ0v) is 26.0. The van der Waals surface area contributed by atoms with E-state index in [9.17, 15) is 20.1 Å². The predicted molar refractivity (Wildman–Crippen MR) is 172 cm³/mol. The molecule has 45 heavy (non-hydrogen) atoms. The summed E-state index contributed by atoms with van der Waals surface area (Å²) in [5.74, 6) is -0.0147. The number of benzene rings is 3. The molecule has 0 radical (unpaired) electrons. The number of aliphatic hydroxyl groups excluding tert-OH is 3. The van der Waals surface area contributed by atoms with E-state index in [4.69, 9.17) is 14.2 Å². The van der Waals surface area contributed by atoms with E-state index in [0.29, 0.717) is 19.6 Å². The first-order valence-corrected chi connectivity index (χ1v) is 16.1. The summed E-state index contributed by atoms with van der Waals surface area (Å²) >= 11 is 0. The highest BCUT2D eigenvalue weighted by Gasteiger charge is 2.39. The SMILES string of the molecule is CCCCCCN(CCNC(=O)OCC1c2ccccc2-c2ccccc21)CC(O)C(O)[C@@H]1OC(c2ccccc2)OC[C@H]1O. The number of amides is 1. The van der Waals surface area contributed by atoms with Crippen molar-refractivity contribution in [1.82, 2.24) is 10.2 Å². The largest absolute Gasteiger partial charge is 0.449 e. The molecule has 0 saturated carbocycles. The molecule has 2 aliphatic rings. The standard InChI is InChI=1S/C36H46N2O7/c1-2-3-4-12-20-38(22-31(39)33(41)34-32(40)24-43-35(45-34)25-13-6-5-7-14-25)21-19-37-36(42)44-23-30-28-17-10-8-15-26(28)27-16-9-11-18-29(27)30/h5-11,13-18,30-35,39-41H,2-4,12,19-24H2,1H3,(H,37,42)/t31?,32-,33?,34-,35?/m1/s1. The molecule has 5 rings (SSSR count). The lowest BCUT2D eigenvalue weighted by Crippen LogP contribution is -2.54.